The van der Waals surface area contributed by atoms with Gasteiger partial charge in [-0.3, -0.25) is 0 Å². The summed E-state index contributed by atoms with van der Waals surface area (Å²) in [4.78, 5) is 0. The molecule has 0 amide bonds. The van der Waals surface area contributed by atoms with E-state index in [2.05, 4.69) is 199 Å². The Kier molecular flexibility index (Phi) is 7.68. The molecule has 0 bridgehead atoms. The summed E-state index contributed by atoms with van der Waals surface area (Å²) in [7, 11) is 2.06. The molecule has 0 radical (unpaired) electrons. The second-order valence-electron chi connectivity index (χ2n) is 15.0. The first-order chi connectivity index (χ1) is 25.3. The van der Waals surface area contributed by atoms with Crippen molar-refractivity contribution in [2.45, 2.75) is 31.6 Å². The maximum absolute atomic E-state index is 4.05. The van der Waals surface area contributed by atoms with Crippen LogP contribution in [0.5, 0.6) is 0 Å². The van der Waals surface area contributed by atoms with Crippen molar-refractivity contribution < 1.29 is 25.6 Å². The molecule has 0 spiro atoms. The van der Waals surface area contributed by atoms with Crippen LogP contribution >= 0.6 is 0 Å². The van der Waals surface area contributed by atoms with E-state index in [9.17, 15) is 0 Å². The maximum atomic E-state index is 4.05. The molecule has 3 nitrogen and oxygen atoms in total. The molecule has 0 saturated heterocycles. The third kappa shape index (κ3) is 4.85. The first-order valence-corrected chi connectivity index (χ1v) is 17.9. The first kappa shape index (κ1) is 33.3. The van der Waals surface area contributed by atoms with E-state index in [1.54, 1.807) is 0 Å². The van der Waals surface area contributed by atoms with Crippen molar-refractivity contribution in [3.63, 3.8) is 0 Å². The zero-order valence-electron chi connectivity index (χ0n) is 30.0. The summed E-state index contributed by atoms with van der Waals surface area (Å²) in [5.41, 5.74) is 14.0. The van der Waals surface area contributed by atoms with Gasteiger partial charge in [-0.25, -0.2) is 0 Å². The summed E-state index contributed by atoms with van der Waals surface area (Å²) in [5, 5.41) is 2.39. The Morgan fingerprint density at radius 3 is 2.02 bits per heavy atom. The number of hydrogen-bond donors (Lipinski definition) is 0. The molecule has 0 fully saturated rings. The molecule has 8 aromatic rings. The van der Waals surface area contributed by atoms with E-state index in [1.165, 1.54) is 38.6 Å². The smallest absolute Gasteiger partial charge is 0.387 e. The van der Waals surface area contributed by atoms with Crippen molar-refractivity contribution >= 4 is 44.9 Å². The molecule has 2 heterocycles. The summed E-state index contributed by atoms with van der Waals surface area (Å²) >= 11 is 0. The molecular weight excluding hydrogens is 826 g/mol. The maximum Gasteiger partial charge on any atom is 0.494 e. The Hall–Kier alpha value is -5.59. The molecule has 258 valence electrons. The van der Waals surface area contributed by atoms with Crippen LogP contribution in [0.3, 0.4) is 0 Å². The summed E-state index contributed by atoms with van der Waals surface area (Å²) in [6.07, 6.45) is 0. The zero-order chi connectivity index (χ0) is 35.2. The third-order valence-electron chi connectivity index (χ3n) is 11.0. The molecule has 1 aromatic heterocycles. The van der Waals surface area contributed by atoms with Gasteiger partial charge < -0.3 is 4.57 Å². The van der Waals surface area contributed by atoms with Gasteiger partial charge in [-0.2, -0.15) is 48.5 Å². The average Bonchev–Trinajstić information content (AvgIpc) is 3.80. The van der Waals surface area contributed by atoms with E-state index in [-0.39, 0.29) is 26.5 Å². The van der Waals surface area contributed by atoms with Gasteiger partial charge in [0.25, 0.3) is 11.4 Å². The van der Waals surface area contributed by atoms with Crippen LogP contribution < -0.4 is 4.58 Å². The molecule has 2 aliphatic rings. The van der Waals surface area contributed by atoms with Gasteiger partial charge in [-0.1, -0.05) is 126 Å². The first-order valence-electron chi connectivity index (χ1n) is 17.9. The fourth-order valence-electron chi connectivity index (χ4n) is 8.56. The van der Waals surface area contributed by atoms with Crippen LogP contribution in [0.1, 0.15) is 48.6 Å². The van der Waals surface area contributed by atoms with E-state index >= 15 is 0 Å². The van der Waals surface area contributed by atoms with Crippen molar-refractivity contribution in [2.24, 2.45) is 0 Å². The quantitative estimate of drug-likeness (QED) is 0.123. The SMILES string of the molecule is C[N+]1=C=[N+](c2[c-]c(C3(c4[c-]cc5c(c4)c4ccccc4n5-c4[c-]cccc4)c4ccccc4-c4ccccc43)cc(C(C)(C)C)c2)c2ccccc21.[Pt]. The molecule has 0 N–H and O–H groups in total. The fourth-order valence-corrected chi connectivity index (χ4v) is 8.56. The van der Waals surface area contributed by atoms with Crippen LogP contribution in [0, 0.1) is 18.2 Å². The summed E-state index contributed by atoms with van der Waals surface area (Å²) < 4.78 is 6.56. The van der Waals surface area contributed by atoms with E-state index in [1.807, 2.05) is 12.1 Å². The number of para-hydroxylation sites is 4. The number of hydrogen-bond acceptors (Lipinski definition) is 0. The number of nitrogens with zero attached hydrogens (tertiary/aromatic N) is 3. The molecule has 10 rings (SSSR count). The van der Waals surface area contributed by atoms with Crippen LogP contribution in [0.4, 0.5) is 17.1 Å². The molecule has 0 saturated carbocycles. The molecule has 53 heavy (non-hydrogen) atoms. The fraction of sp³-hybridized carbons (Fsp3) is 0.122. The average molecular weight is 862 g/mol. The van der Waals surface area contributed by atoms with Crippen LogP contribution in [0.25, 0.3) is 38.6 Å². The van der Waals surface area contributed by atoms with E-state index in [4.69, 9.17) is 0 Å². The van der Waals surface area contributed by atoms with E-state index < -0.39 is 5.41 Å². The van der Waals surface area contributed by atoms with Crippen molar-refractivity contribution in [3.8, 4) is 16.8 Å². The van der Waals surface area contributed by atoms with E-state index in [0.29, 0.717) is 0 Å². The molecule has 1 aliphatic heterocycles. The van der Waals surface area contributed by atoms with Crippen LogP contribution in [-0.2, 0) is 31.9 Å². The van der Waals surface area contributed by atoms with E-state index in [0.717, 1.165) is 44.9 Å². The van der Waals surface area contributed by atoms with Gasteiger partial charge in [0.1, 0.15) is 5.69 Å². The minimum Gasteiger partial charge on any atom is -0.387 e. The predicted octanol–water partition coefficient (Wildman–Crippen LogP) is 11.1. The molecular formula is C49H36N3Pt-. The Bertz CT molecular complexity index is 2780. The zero-order valence-corrected chi connectivity index (χ0v) is 32.3. The van der Waals surface area contributed by atoms with Gasteiger partial charge in [-0.05, 0) is 39.1 Å². The molecule has 4 heteroatoms. The molecule has 7 aromatic carbocycles. The summed E-state index contributed by atoms with van der Waals surface area (Å²) in [6.45, 7) is 6.89. The standard InChI is InChI=1S/C49H36N3.Pt/c1-48(2,3)34-28-35(30-37(29-34)51-32-50(4)46-24-14-15-25-47(46)51)49(42-21-11-8-18-38(42)39-19-9-12-22-43(39)49)33-26-27-45-41(31-33)40-20-10-13-23-44(40)52(45)36-16-6-5-7-17-36;/h5-16,18-25,27-29,31H,1-4H3;/q-1;. The van der Waals surface area contributed by atoms with Crippen LogP contribution in [0.2, 0.25) is 0 Å². The normalized spacial score (nSPS) is 14.0. The molecule has 0 unspecified atom stereocenters. The van der Waals surface area contributed by atoms with Crippen LogP contribution in [0.15, 0.2) is 146 Å². The van der Waals surface area contributed by atoms with Crippen molar-refractivity contribution in [1.29, 1.82) is 0 Å². The topological polar surface area (TPSA) is 10.9 Å². The second-order valence-corrected chi connectivity index (χ2v) is 15.0. The Labute approximate surface area is 325 Å². The number of rotatable bonds is 4. The van der Waals surface area contributed by atoms with Gasteiger partial charge in [0.05, 0.1) is 0 Å². The monoisotopic (exact) mass is 861 g/mol. The van der Waals surface area contributed by atoms with Crippen molar-refractivity contribution in [3.05, 3.63) is 192 Å². The van der Waals surface area contributed by atoms with Crippen LogP contribution in [-0.4, -0.2) is 22.2 Å². The van der Waals surface area contributed by atoms with Gasteiger partial charge >= 0.3 is 6.01 Å². The summed E-state index contributed by atoms with van der Waals surface area (Å²) in [6, 6.07) is 67.6. The minimum absolute atomic E-state index is 0. The number of benzene rings is 7. The van der Waals surface area contributed by atoms with Crippen molar-refractivity contribution in [1.82, 2.24) is 9.14 Å². The number of aromatic nitrogens is 1. The van der Waals surface area contributed by atoms with Gasteiger partial charge in [0.2, 0.25) is 0 Å². The second kappa shape index (κ2) is 12.2. The largest absolute Gasteiger partial charge is 0.494 e. The summed E-state index contributed by atoms with van der Waals surface area (Å²) in [5.74, 6) is 0. The van der Waals surface area contributed by atoms with Gasteiger partial charge in [-0.15, -0.1) is 34.2 Å². The minimum atomic E-state index is -0.690. The Morgan fingerprint density at radius 1 is 0.642 bits per heavy atom. The molecule has 0 atom stereocenters. The van der Waals surface area contributed by atoms with Gasteiger partial charge in [0.15, 0.2) is 7.05 Å². The Balaban J connectivity index is 0.00000372. The number of fused-ring (bicyclic) bond motifs is 7. The third-order valence-corrected chi connectivity index (χ3v) is 11.0. The Morgan fingerprint density at radius 2 is 1.30 bits per heavy atom. The van der Waals surface area contributed by atoms with Gasteiger partial charge in [0, 0.05) is 44.1 Å². The van der Waals surface area contributed by atoms with Crippen molar-refractivity contribution in [2.75, 3.05) is 7.05 Å². The predicted molar refractivity (Wildman–Crippen MR) is 212 cm³/mol. The molecule has 1 aliphatic carbocycles.